The summed E-state index contributed by atoms with van der Waals surface area (Å²) in [5.41, 5.74) is 2.82. The molecule has 0 aromatic carbocycles. The van der Waals surface area contributed by atoms with E-state index in [1.807, 2.05) is 25.1 Å². The Balaban J connectivity index is 3.35. The monoisotopic (exact) mass is 127 g/mol. The minimum Gasteiger partial charge on any atom is -0.392 e. The van der Waals surface area contributed by atoms with Crippen molar-refractivity contribution < 1.29 is 5.11 Å². The number of hydrogen-bond acceptors (Lipinski definition) is 2. The van der Waals surface area contributed by atoms with Gasteiger partial charge in [0.15, 0.2) is 0 Å². The molecule has 2 nitrogen and oxygen atoms in total. The van der Waals surface area contributed by atoms with Crippen LogP contribution in [0.4, 0.5) is 0 Å². The van der Waals surface area contributed by atoms with Gasteiger partial charge in [-0.1, -0.05) is 0 Å². The molecule has 0 aliphatic rings. The first-order valence-corrected chi connectivity index (χ1v) is 2.92. The lowest BCUT2D eigenvalue weighted by Crippen LogP contribution is -2.09. The first-order valence-electron chi connectivity index (χ1n) is 2.92. The summed E-state index contributed by atoms with van der Waals surface area (Å²) in [7, 11) is 3.97. The van der Waals surface area contributed by atoms with E-state index in [-0.39, 0.29) is 6.61 Å². The highest BCUT2D eigenvalue weighted by Gasteiger charge is 1.77. The summed E-state index contributed by atoms with van der Waals surface area (Å²) in [5, 5.41) is 8.28. The fraction of sp³-hybridized carbons (Fsp3) is 0.571. The van der Waals surface area contributed by atoms with Gasteiger partial charge in [-0.25, -0.2) is 0 Å². The zero-order valence-corrected chi connectivity index (χ0v) is 5.96. The maximum absolute atomic E-state index is 8.28. The Kier molecular flexibility index (Phi) is 5.23. The molecule has 0 radical (unpaired) electrons. The van der Waals surface area contributed by atoms with Gasteiger partial charge in [0.2, 0.25) is 0 Å². The van der Waals surface area contributed by atoms with E-state index >= 15 is 0 Å². The predicted molar refractivity (Wildman–Crippen MR) is 38.3 cm³/mol. The number of aliphatic hydroxyl groups excluding tert-OH is 1. The van der Waals surface area contributed by atoms with Crippen molar-refractivity contribution in [2.75, 3.05) is 27.2 Å². The third-order valence-corrected chi connectivity index (χ3v) is 0.783. The van der Waals surface area contributed by atoms with E-state index in [4.69, 9.17) is 5.11 Å². The highest BCUT2D eigenvalue weighted by atomic mass is 16.2. The smallest absolute Gasteiger partial charge is 0.0686 e. The quantitative estimate of drug-likeness (QED) is 0.549. The van der Waals surface area contributed by atoms with Crippen molar-refractivity contribution >= 4 is 0 Å². The molecule has 0 aromatic rings. The molecule has 0 fully saturated rings. The van der Waals surface area contributed by atoms with Gasteiger partial charge in [0.25, 0.3) is 0 Å². The molecule has 0 atom stereocenters. The molecule has 52 valence electrons. The van der Waals surface area contributed by atoms with Crippen molar-refractivity contribution in [3.8, 4) is 0 Å². The number of aliphatic hydroxyl groups is 1. The molecule has 0 spiro atoms. The second kappa shape index (κ2) is 5.57. The molecular formula is C7H13NO. The average Bonchev–Trinajstić information content (AvgIpc) is 1.80. The Morgan fingerprint density at radius 1 is 1.44 bits per heavy atom. The zero-order valence-electron chi connectivity index (χ0n) is 5.96. The van der Waals surface area contributed by atoms with Gasteiger partial charge in [-0.2, -0.15) is 0 Å². The van der Waals surface area contributed by atoms with Crippen LogP contribution >= 0.6 is 0 Å². The Morgan fingerprint density at radius 2 is 2.11 bits per heavy atom. The minimum atomic E-state index is 0.0733. The summed E-state index contributed by atoms with van der Waals surface area (Å²) in [6.45, 7) is 0.945. The topological polar surface area (TPSA) is 23.5 Å². The molecule has 0 rings (SSSR count). The first-order chi connectivity index (χ1) is 4.27. The second-order valence-electron chi connectivity index (χ2n) is 2.02. The van der Waals surface area contributed by atoms with Gasteiger partial charge >= 0.3 is 0 Å². The lowest BCUT2D eigenvalue weighted by molar-refractivity contribution is 0.343. The van der Waals surface area contributed by atoms with Crippen LogP contribution in [0.5, 0.6) is 0 Å². The highest BCUT2D eigenvalue weighted by molar-refractivity contribution is 4.85. The van der Waals surface area contributed by atoms with Crippen molar-refractivity contribution in [1.82, 2.24) is 4.90 Å². The van der Waals surface area contributed by atoms with Crippen LogP contribution in [-0.4, -0.2) is 37.3 Å². The van der Waals surface area contributed by atoms with Gasteiger partial charge in [-0.15, -0.1) is 5.73 Å². The van der Waals surface area contributed by atoms with Crippen LogP contribution in [0.3, 0.4) is 0 Å². The van der Waals surface area contributed by atoms with Gasteiger partial charge in [0.1, 0.15) is 0 Å². The van der Waals surface area contributed by atoms with Gasteiger partial charge < -0.3 is 10.0 Å². The van der Waals surface area contributed by atoms with E-state index in [2.05, 4.69) is 5.73 Å². The van der Waals surface area contributed by atoms with Gasteiger partial charge in [0, 0.05) is 6.54 Å². The van der Waals surface area contributed by atoms with Crippen LogP contribution in [-0.2, 0) is 0 Å². The van der Waals surface area contributed by atoms with Gasteiger partial charge in [-0.3, -0.25) is 0 Å². The molecule has 9 heavy (non-hydrogen) atoms. The van der Waals surface area contributed by atoms with Crippen molar-refractivity contribution in [2.24, 2.45) is 0 Å². The summed E-state index contributed by atoms with van der Waals surface area (Å²) in [4.78, 5) is 2.03. The molecule has 0 aliphatic heterocycles. The Hall–Kier alpha value is -0.560. The van der Waals surface area contributed by atoms with Crippen LogP contribution in [0.1, 0.15) is 0 Å². The van der Waals surface area contributed by atoms with E-state index in [1.54, 1.807) is 6.08 Å². The van der Waals surface area contributed by atoms with Crippen molar-refractivity contribution in [3.05, 3.63) is 17.9 Å². The molecule has 2 heteroatoms. The molecule has 0 bridgehead atoms. The van der Waals surface area contributed by atoms with E-state index < -0.39 is 0 Å². The molecule has 0 aliphatic carbocycles. The number of likely N-dealkylation sites (N-methyl/N-ethyl adjacent to an activating group) is 1. The first kappa shape index (κ1) is 8.44. The van der Waals surface area contributed by atoms with Crippen molar-refractivity contribution in [2.45, 2.75) is 0 Å². The summed E-state index contributed by atoms with van der Waals surface area (Å²) >= 11 is 0. The summed E-state index contributed by atoms with van der Waals surface area (Å²) in [5.74, 6) is 0. The molecule has 1 N–H and O–H groups in total. The third kappa shape index (κ3) is 7.44. The molecule has 0 unspecified atom stereocenters. The molecule has 0 amide bonds. The Morgan fingerprint density at radius 3 is 2.56 bits per heavy atom. The normalized spacial score (nSPS) is 8.89. The SMILES string of the molecule is CN(C)CC=C=CCO. The number of rotatable bonds is 3. The molecular weight excluding hydrogens is 114 g/mol. The Bertz CT molecular complexity index is 112. The Labute approximate surface area is 56.1 Å². The lowest BCUT2D eigenvalue weighted by Gasteiger charge is -2.01. The third-order valence-electron chi connectivity index (χ3n) is 0.783. The standard InChI is InChI=1S/C7H13NO/c1-8(2)6-4-3-5-7-9/h4-5,9H,6-7H2,1-2H3. The van der Waals surface area contributed by atoms with E-state index in [1.165, 1.54) is 0 Å². The van der Waals surface area contributed by atoms with Crippen LogP contribution in [0.25, 0.3) is 0 Å². The summed E-state index contributed by atoms with van der Waals surface area (Å²) in [6.07, 6.45) is 3.46. The average molecular weight is 127 g/mol. The molecule has 0 saturated carbocycles. The lowest BCUT2D eigenvalue weighted by atomic mass is 10.5. The van der Waals surface area contributed by atoms with E-state index in [0.717, 1.165) is 6.54 Å². The number of hydrogen-bond donors (Lipinski definition) is 1. The van der Waals surface area contributed by atoms with Gasteiger partial charge in [-0.05, 0) is 26.2 Å². The van der Waals surface area contributed by atoms with Gasteiger partial charge in [0.05, 0.1) is 6.61 Å². The molecule has 0 saturated heterocycles. The maximum Gasteiger partial charge on any atom is 0.0686 e. The van der Waals surface area contributed by atoms with Crippen molar-refractivity contribution in [1.29, 1.82) is 0 Å². The second-order valence-corrected chi connectivity index (χ2v) is 2.02. The summed E-state index contributed by atoms with van der Waals surface area (Å²) in [6, 6.07) is 0. The fourth-order valence-electron chi connectivity index (χ4n) is 0.371. The van der Waals surface area contributed by atoms with E-state index in [0.29, 0.717) is 0 Å². The summed E-state index contributed by atoms with van der Waals surface area (Å²) < 4.78 is 0. The van der Waals surface area contributed by atoms with Crippen LogP contribution < -0.4 is 0 Å². The van der Waals surface area contributed by atoms with Crippen molar-refractivity contribution in [3.63, 3.8) is 0 Å². The molecule has 0 heterocycles. The highest BCUT2D eigenvalue weighted by Crippen LogP contribution is 1.73. The van der Waals surface area contributed by atoms with Crippen LogP contribution in [0.15, 0.2) is 17.9 Å². The van der Waals surface area contributed by atoms with Crippen LogP contribution in [0.2, 0.25) is 0 Å². The maximum atomic E-state index is 8.28. The van der Waals surface area contributed by atoms with E-state index in [9.17, 15) is 0 Å². The van der Waals surface area contributed by atoms with Crippen LogP contribution in [0, 0.1) is 0 Å². The fourth-order valence-corrected chi connectivity index (χ4v) is 0.371. The largest absolute Gasteiger partial charge is 0.392 e. The minimum absolute atomic E-state index is 0.0733. The predicted octanol–water partition coefficient (Wildman–Crippen LogP) is 0.252. The molecule has 0 aromatic heterocycles. The number of nitrogens with zero attached hydrogens (tertiary/aromatic N) is 1. The zero-order chi connectivity index (χ0) is 7.11.